The molecule has 1 amide bonds. The third-order valence-electron chi connectivity index (χ3n) is 4.14. The number of carboxylic acids is 1. The molecule has 0 aromatic heterocycles. The van der Waals surface area contributed by atoms with Gasteiger partial charge in [-0.15, -0.1) is 11.8 Å². The predicted molar refractivity (Wildman–Crippen MR) is 101 cm³/mol. The van der Waals surface area contributed by atoms with Crippen molar-refractivity contribution >= 4 is 23.6 Å². The van der Waals surface area contributed by atoms with Gasteiger partial charge in [0, 0.05) is 4.90 Å². The van der Waals surface area contributed by atoms with Crippen LogP contribution in [-0.4, -0.2) is 23.2 Å². The van der Waals surface area contributed by atoms with Crippen LogP contribution in [0.3, 0.4) is 0 Å². The van der Waals surface area contributed by atoms with Crippen LogP contribution in [0, 0.1) is 0 Å². The standard InChI is InChI=1S/C20H23NO3S/c1-3-17(14-7-5-4-6-8-14)20(24)21-18(13-19(22)23)15-9-11-16(25-2)12-10-15/h4-12,17-18H,3,13H2,1-2H3,(H,21,24)(H,22,23). The summed E-state index contributed by atoms with van der Waals surface area (Å²) in [5.41, 5.74) is 1.74. The number of carboxylic acid groups (broad SMARTS) is 1. The van der Waals surface area contributed by atoms with E-state index in [0.29, 0.717) is 6.42 Å². The Morgan fingerprint density at radius 2 is 1.68 bits per heavy atom. The number of aliphatic carboxylic acids is 1. The Labute approximate surface area is 152 Å². The van der Waals surface area contributed by atoms with Gasteiger partial charge in [-0.05, 0) is 35.9 Å². The highest BCUT2D eigenvalue weighted by Gasteiger charge is 2.24. The van der Waals surface area contributed by atoms with Gasteiger partial charge in [-0.1, -0.05) is 49.4 Å². The van der Waals surface area contributed by atoms with Gasteiger partial charge in [-0.25, -0.2) is 0 Å². The van der Waals surface area contributed by atoms with E-state index < -0.39 is 12.0 Å². The summed E-state index contributed by atoms with van der Waals surface area (Å²) in [4.78, 5) is 25.1. The Kier molecular flexibility index (Phi) is 7.07. The summed E-state index contributed by atoms with van der Waals surface area (Å²) in [5.74, 6) is -1.37. The van der Waals surface area contributed by atoms with E-state index in [0.717, 1.165) is 16.0 Å². The first-order valence-corrected chi connectivity index (χ1v) is 9.48. The van der Waals surface area contributed by atoms with E-state index in [4.69, 9.17) is 0 Å². The van der Waals surface area contributed by atoms with E-state index in [1.165, 1.54) is 0 Å². The minimum atomic E-state index is -0.938. The number of thioether (sulfide) groups is 1. The van der Waals surface area contributed by atoms with E-state index in [9.17, 15) is 14.7 Å². The van der Waals surface area contributed by atoms with Crippen LogP contribution in [-0.2, 0) is 9.59 Å². The first kappa shape index (κ1) is 19.1. The van der Waals surface area contributed by atoms with Crippen molar-refractivity contribution in [3.05, 3.63) is 65.7 Å². The summed E-state index contributed by atoms with van der Waals surface area (Å²) in [6, 6.07) is 16.7. The lowest BCUT2D eigenvalue weighted by Gasteiger charge is -2.22. The molecule has 2 rings (SSSR count). The molecular weight excluding hydrogens is 334 g/mol. The highest BCUT2D eigenvalue weighted by molar-refractivity contribution is 7.98. The number of rotatable bonds is 8. The first-order chi connectivity index (χ1) is 12.0. The lowest BCUT2D eigenvalue weighted by molar-refractivity contribution is -0.137. The second kappa shape index (κ2) is 9.28. The average molecular weight is 357 g/mol. The monoisotopic (exact) mass is 357 g/mol. The SMILES string of the molecule is CCC(C(=O)NC(CC(=O)O)c1ccc(SC)cc1)c1ccccc1. The second-order valence-corrected chi connectivity index (χ2v) is 6.68. The molecule has 0 aliphatic rings. The van der Waals surface area contributed by atoms with Gasteiger partial charge in [0.2, 0.25) is 5.91 Å². The summed E-state index contributed by atoms with van der Waals surface area (Å²) < 4.78 is 0. The van der Waals surface area contributed by atoms with Crippen LogP contribution < -0.4 is 5.32 Å². The number of amides is 1. The van der Waals surface area contributed by atoms with Crippen LogP contribution in [0.1, 0.15) is 42.9 Å². The molecule has 2 aromatic carbocycles. The fourth-order valence-electron chi connectivity index (χ4n) is 2.79. The quantitative estimate of drug-likeness (QED) is 0.694. The minimum absolute atomic E-state index is 0.143. The molecule has 0 aliphatic carbocycles. The topological polar surface area (TPSA) is 66.4 Å². The summed E-state index contributed by atoms with van der Waals surface area (Å²) in [6.07, 6.45) is 2.49. The Bertz CT molecular complexity index is 701. The van der Waals surface area contributed by atoms with Gasteiger partial charge in [0.05, 0.1) is 18.4 Å². The van der Waals surface area contributed by atoms with E-state index >= 15 is 0 Å². The van der Waals surface area contributed by atoms with Gasteiger partial charge in [-0.3, -0.25) is 9.59 Å². The van der Waals surface area contributed by atoms with Crippen LogP contribution >= 0.6 is 11.8 Å². The third kappa shape index (κ3) is 5.36. The summed E-state index contributed by atoms with van der Waals surface area (Å²) in [5, 5.41) is 12.1. The molecule has 0 fully saturated rings. The number of nitrogens with one attached hydrogen (secondary N) is 1. The van der Waals surface area contributed by atoms with Gasteiger partial charge in [0.25, 0.3) is 0 Å². The molecule has 0 saturated carbocycles. The first-order valence-electron chi connectivity index (χ1n) is 8.26. The number of benzene rings is 2. The van der Waals surface area contributed by atoms with Gasteiger partial charge >= 0.3 is 5.97 Å². The van der Waals surface area contributed by atoms with Gasteiger partial charge < -0.3 is 10.4 Å². The Hall–Kier alpha value is -2.27. The maximum absolute atomic E-state index is 12.8. The molecule has 4 nitrogen and oxygen atoms in total. The zero-order valence-corrected chi connectivity index (χ0v) is 15.3. The van der Waals surface area contributed by atoms with E-state index in [1.807, 2.05) is 67.8 Å². The van der Waals surface area contributed by atoms with Crippen molar-refractivity contribution in [1.82, 2.24) is 5.32 Å². The molecule has 2 N–H and O–H groups in total. The number of carbonyl (C=O) groups is 2. The maximum Gasteiger partial charge on any atom is 0.305 e. The number of hydrogen-bond donors (Lipinski definition) is 2. The molecule has 0 spiro atoms. The molecule has 0 saturated heterocycles. The molecule has 2 aromatic rings. The maximum atomic E-state index is 12.8. The average Bonchev–Trinajstić information content (AvgIpc) is 2.62. The van der Waals surface area contributed by atoms with Crippen molar-refractivity contribution in [2.75, 3.05) is 6.26 Å². The lowest BCUT2D eigenvalue weighted by atomic mass is 9.94. The molecule has 25 heavy (non-hydrogen) atoms. The summed E-state index contributed by atoms with van der Waals surface area (Å²) in [6.45, 7) is 1.96. The van der Waals surface area contributed by atoms with Crippen molar-refractivity contribution in [2.45, 2.75) is 36.6 Å². The van der Waals surface area contributed by atoms with Crippen molar-refractivity contribution in [3.8, 4) is 0 Å². The lowest BCUT2D eigenvalue weighted by Crippen LogP contribution is -2.34. The van der Waals surface area contributed by atoms with Crippen LogP contribution in [0.25, 0.3) is 0 Å². The van der Waals surface area contributed by atoms with Gasteiger partial charge in [-0.2, -0.15) is 0 Å². The fourth-order valence-corrected chi connectivity index (χ4v) is 3.20. The summed E-state index contributed by atoms with van der Waals surface area (Å²) >= 11 is 1.62. The van der Waals surface area contributed by atoms with Crippen LogP contribution in [0.5, 0.6) is 0 Å². The molecule has 2 atom stereocenters. The zero-order valence-electron chi connectivity index (χ0n) is 14.4. The largest absolute Gasteiger partial charge is 0.481 e. The zero-order chi connectivity index (χ0) is 18.2. The van der Waals surface area contributed by atoms with E-state index in [-0.39, 0.29) is 18.2 Å². The molecular formula is C20H23NO3S. The van der Waals surface area contributed by atoms with Gasteiger partial charge in [0.15, 0.2) is 0 Å². The van der Waals surface area contributed by atoms with Crippen LogP contribution in [0.15, 0.2) is 59.5 Å². The van der Waals surface area contributed by atoms with Crippen molar-refractivity contribution in [1.29, 1.82) is 0 Å². The van der Waals surface area contributed by atoms with E-state index in [1.54, 1.807) is 11.8 Å². The Morgan fingerprint density at radius 3 is 2.20 bits per heavy atom. The molecule has 0 bridgehead atoms. The van der Waals surface area contributed by atoms with Crippen molar-refractivity contribution in [2.24, 2.45) is 0 Å². The number of carbonyl (C=O) groups excluding carboxylic acids is 1. The normalized spacial score (nSPS) is 13.0. The molecule has 0 aliphatic heterocycles. The molecule has 5 heteroatoms. The van der Waals surface area contributed by atoms with Crippen LogP contribution in [0.2, 0.25) is 0 Å². The van der Waals surface area contributed by atoms with Crippen LogP contribution in [0.4, 0.5) is 0 Å². The van der Waals surface area contributed by atoms with E-state index in [2.05, 4.69) is 5.32 Å². The Balaban J connectivity index is 2.20. The molecule has 0 radical (unpaired) electrons. The second-order valence-electron chi connectivity index (χ2n) is 5.80. The van der Waals surface area contributed by atoms with Crippen molar-refractivity contribution < 1.29 is 14.7 Å². The molecule has 0 heterocycles. The highest BCUT2D eigenvalue weighted by Crippen LogP contribution is 2.24. The van der Waals surface area contributed by atoms with Gasteiger partial charge in [0.1, 0.15) is 0 Å². The number of hydrogen-bond acceptors (Lipinski definition) is 3. The highest BCUT2D eigenvalue weighted by atomic mass is 32.2. The Morgan fingerprint density at radius 1 is 1.04 bits per heavy atom. The minimum Gasteiger partial charge on any atom is -0.481 e. The third-order valence-corrected chi connectivity index (χ3v) is 4.88. The smallest absolute Gasteiger partial charge is 0.305 e. The fraction of sp³-hybridized carbons (Fsp3) is 0.300. The summed E-state index contributed by atoms with van der Waals surface area (Å²) in [7, 11) is 0. The molecule has 2 unspecified atom stereocenters. The molecule has 132 valence electrons. The van der Waals surface area contributed by atoms with Crippen molar-refractivity contribution in [3.63, 3.8) is 0 Å². The predicted octanol–water partition coefficient (Wildman–Crippen LogP) is 4.23.